The van der Waals surface area contributed by atoms with Crippen molar-refractivity contribution >= 4 is 61.6 Å². The van der Waals surface area contributed by atoms with Gasteiger partial charge < -0.3 is 5.32 Å². The van der Waals surface area contributed by atoms with E-state index >= 15 is 0 Å². The predicted molar refractivity (Wildman–Crippen MR) is 121 cm³/mol. The first-order chi connectivity index (χ1) is 15.1. The Kier molecular flexibility index (Phi) is 5.05. The Morgan fingerprint density at radius 2 is 2.00 bits per heavy atom. The quantitative estimate of drug-likeness (QED) is 0.389. The Labute approximate surface area is 189 Å². The number of halogens is 2. The van der Waals surface area contributed by atoms with Gasteiger partial charge in [0.15, 0.2) is 5.82 Å². The highest BCUT2D eigenvalue weighted by molar-refractivity contribution is 7.16. The fourth-order valence-corrected chi connectivity index (χ4v) is 4.45. The summed E-state index contributed by atoms with van der Waals surface area (Å²) < 4.78 is 1.46. The van der Waals surface area contributed by atoms with E-state index in [-0.39, 0.29) is 16.0 Å². The van der Waals surface area contributed by atoms with E-state index in [9.17, 15) is 4.79 Å². The zero-order valence-electron chi connectivity index (χ0n) is 16.0. The number of H-pyrrole nitrogens is 1. The number of hydrogen-bond donors (Lipinski definition) is 2. The molecule has 9 nitrogen and oxygen atoms in total. The minimum Gasteiger partial charge on any atom is -0.358 e. The molecule has 0 fully saturated rings. The van der Waals surface area contributed by atoms with Crippen LogP contribution >= 0.6 is 34.5 Å². The molecule has 0 radical (unpaired) electrons. The Morgan fingerprint density at radius 1 is 1.16 bits per heavy atom. The van der Waals surface area contributed by atoms with Crippen molar-refractivity contribution in [3.05, 3.63) is 62.5 Å². The van der Waals surface area contributed by atoms with Crippen molar-refractivity contribution < 1.29 is 0 Å². The van der Waals surface area contributed by atoms with E-state index in [4.69, 9.17) is 28.2 Å². The van der Waals surface area contributed by atoms with Crippen molar-refractivity contribution in [3.63, 3.8) is 0 Å². The lowest BCUT2D eigenvalue weighted by atomic mass is 10.1. The third-order valence-electron chi connectivity index (χ3n) is 4.84. The minimum absolute atomic E-state index is 0.242. The van der Waals surface area contributed by atoms with Crippen molar-refractivity contribution in [2.75, 3.05) is 5.32 Å². The maximum Gasteiger partial charge on any atom is 0.268 e. The molecule has 0 aliphatic heterocycles. The van der Waals surface area contributed by atoms with Crippen molar-refractivity contribution in [1.82, 2.24) is 34.7 Å². The van der Waals surface area contributed by atoms with Crippen LogP contribution in [0.3, 0.4) is 0 Å². The number of thiazole rings is 1. The maximum atomic E-state index is 13.5. The topological polar surface area (TPSA) is 114 Å². The predicted octanol–water partition coefficient (Wildman–Crippen LogP) is 4.38. The van der Waals surface area contributed by atoms with Gasteiger partial charge in [-0.3, -0.25) is 9.89 Å². The summed E-state index contributed by atoms with van der Waals surface area (Å²) in [5, 5.41) is 11.0. The Morgan fingerprint density at radius 3 is 2.77 bits per heavy atom. The fourth-order valence-electron chi connectivity index (χ4n) is 3.39. The van der Waals surface area contributed by atoms with E-state index in [2.05, 4.69) is 30.5 Å². The van der Waals surface area contributed by atoms with Gasteiger partial charge in [0.1, 0.15) is 28.3 Å². The van der Waals surface area contributed by atoms with E-state index in [1.807, 2.05) is 6.92 Å². The van der Waals surface area contributed by atoms with Gasteiger partial charge in [-0.25, -0.2) is 24.5 Å². The molecule has 156 valence electrons. The minimum atomic E-state index is -0.393. The second-order valence-corrected chi connectivity index (χ2v) is 8.29. The molecule has 0 bridgehead atoms. The zero-order chi connectivity index (χ0) is 21.5. The van der Waals surface area contributed by atoms with Gasteiger partial charge in [0, 0.05) is 6.07 Å². The standard InChI is InChI=1S/C19H14Cl2N8OS/c1-2-11(26-16-15-18(23-7-22-16)31-8-24-15)17-27-14-10(21)4-3-9(20)13(14)19(30)29(17)12-5-6-25-28-12/h3-8,11H,2H2,1H3,(H,25,28)(H,22,23,26). The summed E-state index contributed by atoms with van der Waals surface area (Å²) in [5.41, 5.74) is 2.36. The van der Waals surface area contributed by atoms with E-state index in [0.717, 1.165) is 4.83 Å². The van der Waals surface area contributed by atoms with E-state index in [0.29, 0.717) is 39.9 Å². The lowest BCUT2D eigenvalue weighted by molar-refractivity contribution is 0.653. The Hall–Kier alpha value is -3.08. The average molecular weight is 473 g/mol. The molecule has 4 heterocycles. The molecule has 0 spiro atoms. The summed E-state index contributed by atoms with van der Waals surface area (Å²) in [6.07, 6.45) is 3.63. The van der Waals surface area contributed by atoms with Gasteiger partial charge in [-0.2, -0.15) is 5.10 Å². The molecule has 4 aromatic heterocycles. The molecule has 1 unspecified atom stereocenters. The molecular formula is C19H14Cl2N8OS. The van der Waals surface area contributed by atoms with Gasteiger partial charge in [-0.15, -0.1) is 11.3 Å². The van der Waals surface area contributed by atoms with Crippen LogP contribution in [0.4, 0.5) is 5.82 Å². The normalized spacial score (nSPS) is 12.5. The number of benzene rings is 1. The number of fused-ring (bicyclic) bond motifs is 2. The summed E-state index contributed by atoms with van der Waals surface area (Å²) in [6, 6.07) is 4.50. The van der Waals surface area contributed by atoms with E-state index in [1.165, 1.54) is 22.2 Å². The molecule has 0 amide bonds. The molecule has 1 atom stereocenters. The molecule has 12 heteroatoms. The molecule has 0 aliphatic carbocycles. The highest BCUT2D eigenvalue weighted by Gasteiger charge is 2.24. The molecule has 31 heavy (non-hydrogen) atoms. The van der Waals surface area contributed by atoms with Gasteiger partial charge >= 0.3 is 0 Å². The monoisotopic (exact) mass is 472 g/mol. The number of hydrogen-bond acceptors (Lipinski definition) is 8. The number of aromatic nitrogens is 7. The van der Waals surface area contributed by atoms with Crippen LogP contribution in [0.2, 0.25) is 10.0 Å². The second kappa shape index (κ2) is 7.88. The van der Waals surface area contributed by atoms with Crippen LogP contribution in [0.25, 0.3) is 27.1 Å². The summed E-state index contributed by atoms with van der Waals surface area (Å²) >= 11 is 14.1. The van der Waals surface area contributed by atoms with Crippen LogP contribution in [0.5, 0.6) is 0 Å². The first-order valence-corrected chi connectivity index (χ1v) is 10.9. The molecule has 2 N–H and O–H groups in total. The van der Waals surface area contributed by atoms with Crippen LogP contribution in [0, 0.1) is 0 Å². The van der Waals surface area contributed by atoms with Crippen molar-refractivity contribution in [3.8, 4) is 5.82 Å². The number of nitrogens with one attached hydrogen (secondary N) is 2. The summed E-state index contributed by atoms with van der Waals surface area (Å²) in [7, 11) is 0. The van der Waals surface area contributed by atoms with Crippen molar-refractivity contribution in [1.29, 1.82) is 0 Å². The fraction of sp³-hybridized carbons (Fsp3) is 0.158. The van der Waals surface area contributed by atoms with Crippen LogP contribution in [-0.4, -0.2) is 34.7 Å². The van der Waals surface area contributed by atoms with Crippen LogP contribution < -0.4 is 10.9 Å². The maximum absolute atomic E-state index is 13.5. The summed E-state index contributed by atoms with van der Waals surface area (Å²) in [6.45, 7) is 1.98. The highest BCUT2D eigenvalue weighted by atomic mass is 35.5. The number of aromatic amines is 1. The van der Waals surface area contributed by atoms with E-state index in [1.54, 1.807) is 29.9 Å². The molecular weight excluding hydrogens is 459 g/mol. The van der Waals surface area contributed by atoms with Crippen molar-refractivity contribution in [2.24, 2.45) is 0 Å². The largest absolute Gasteiger partial charge is 0.358 e. The van der Waals surface area contributed by atoms with Gasteiger partial charge in [0.25, 0.3) is 5.56 Å². The smallest absolute Gasteiger partial charge is 0.268 e. The summed E-state index contributed by atoms with van der Waals surface area (Å²) in [5.74, 6) is 1.46. The molecule has 0 aliphatic rings. The SMILES string of the molecule is CCC(Nc1ncnc2scnc12)c1nc2c(Cl)ccc(Cl)c2c(=O)n1-c1ccn[nH]1. The molecule has 0 saturated heterocycles. The van der Waals surface area contributed by atoms with Crippen LogP contribution in [0.15, 0.2) is 41.0 Å². The van der Waals surface area contributed by atoms with Gasteiger partial charge in [-0.1, -0.05) is 30.1 Å². The zero-order valence-corrected chi connectivity index (χ0v) is 18.3. The van der Waals surface area contributed by atoms with E-state index < -0.39 is 6.04 Å². The first-order valence-electron chi connectivity index (χ1n) is 9.29. The number of nitrogens with zero attached hydrogens (tertiary/aromatic N) is 6. The van der Waals surface area contributed by atoms with Crippen molar-refractivity contribution in [2.45, 2.75) is 19.4 Å². The van der Waals surface area contributed by atoms with Gasteiger partial charge in [-0.05, 0) is 18.6 Å². The number of rotatable bonds is 5. The second-order valence-electron chi connectivity index (χ2n) is 6.64. The molecule has 5 rings (SSSR count). The number of anilines is 1. The third kappa shape index (κ3) is 3.32. The van der Waals surface area contributed by atoms with Crippen LogP contribution in [-0.2, 0) is 0 Å². The first kappa shape index (κ1) is 19.9. The molecule has 1 aromatic carbocycles. The Bertz CT molecular complexity index is 1460. The third-order valence-corrected chi connectivity index (χ3v) is 6.20. The highest BCUT2D eigenvalue weighted by Crippen LogP contribution is 2.30. The molecule has 0 saturated carbocycles. The average Bonchev–Trinajstić information content (AvgIpc) is 3.46. The Balaban J connectivity index is 1.76. The molecule has 5 aromatic rings. The lowest BCUT2D eigenvalue weighted by Crippen LogP contribution is -2.29. The summed E-state index contributed by atoms with van der Waals surface area (Å²) in [4.78, 5) is 32.0. The lowest BCUT2D eigenvalue weighted by Gasteiger charge is -2.21. The van der Waals surface area contributed by atoms with Gasteiger partial charge in [0.05, 0.1) is 38.7 Å². The van der Waals surface area contributed by atoms with Crippen LogP contribution in [0.1, 0.15) is 25.2 Å². The van der Waals surface area contributed by atoms with Gasteiger partial charge in [0.2, 0.25) is 0 Å².